The van der Waals surface area contributed by atoms with Crippen molar-refractivity contribution in [2.45, 2.75) is 0 Å². The van der Waals surface area contributed by atoms with Crippen LogP contribution in [0.2, 0.25) is 0 Å². The van der Waals surface area contributed by atoms with Crippen molar-refractivity contribution in [3.63, 3.8) is 0 Å². The molecule has 1 aliphatic heterocycles. The number of anilines is 1. The molecule has 0 bridgehead atoms. The molecule has 0 atom stereocenters. The van der Waals surface area contributed by atoms with Gasteiger partial charge in [0.25, 0.3) is 5.69 Å². The average Bonchev–Trinajstić information content (AvgIpc) is 2.18. The van der Waals surface area contributed by atoms with Crippen LogP contribution in [0.3, 0.4) is 0 Å². The third kappa shape index (κ3) is 1.19. The van der Waals surface area contributed by atoms with Crippen molar-refractivity contribution in [1.29, 1.82) is 0 Å². The van der Waals surface area contributed by atoms with E-state index < -0.39 is 4.92 Å². The average molecular weight is 190 g/mol. The van der Waals surface area contributed by atoms with Gasteiger partial charge in [-0.25, -0.2) is 0 Å². The van der Waals surface area contributed by atoms with Gasteiger partial charge in [0.1, 0.15) is 5.69 Å². The summed E-state index contributed by atoms with van der Waals surface area (Å²) in [4.78, 5) is 10.0. The highest BCUT2D eigenvalue weighted by Gasteiger charge is 2.18. The van der Waals surface area contributed by atoms with Gasteiger partial charge in [-0.15, -0.1) is 0 Å². The fourth-order valence-corrected chi connectivity index (χ4v) is 1.43. The van der Waals surface area contributed by atoms with Crippen LogP contribution in [0.4, 0.5) is 17.1 Å². The third-order valence-corrected chi connectivity index (χ3v) is 2.12. The number of nitro groups is 1. The van der Waals surface area contributed by atoms with E-state index in [-0.39, 0.29) is 11.4 Å². The molecule has 71 valence electrons. The lowest BCUT2D eigenvalue weighted by Crippen LogP contribution is -2.05. The molecule has 5 nitrogen and oxygen atoms in total. The Morgan fingerprint density at radius 2 is 2.29 bits per heavy atom. The van der Waals surface area contributed by atoms with Crippen LogP contribution in [0.15, 0.2) is 18.2 Å². The summed E-state index contributed by atoms with van der Waals surface area (Å²) in [6, 6.07) is 2.99. The molecule has 0 aromatic heterocycles. The van der Waals surface area contributed by atoms with E-state index in [0.29, 0.717) is 12.1 Å². The molecule has 1 aliphatic rings. The summed E-state index contributed by atoms with van der Waals surface area (Å²) in [6.45, 7) is 0.699. The van der Waals surface area contributed by atoms with Gasteiger partial charge in [-0.3, -0.25) is 15.8 Å². The molecular weight excluding hydrogens is 182 g/mol. The van der Waals surface area contributed by atoms with Crippen molar-refractivity contribution in [3.05, 3.63) is 33.9 Å². The van der Waals surface area contributed by atoms with Crippen LogP contribution in [0.1, 0.15) is 5.56 Å². The largest absolute Gasteiger partial charge is 0.381 e. The lowest BCUT2D eigenvalue weighted by Gasteiger charge is -2.13. The van der Waals surface area contributed by atoms with Gasteiger partial charge in [0.15, 0.2) is 0 Å². The van der Waals surface area contributed by atoms with Crippen LogP contribution in [-0.2, 0) is 0 Å². The quantitative estimate of drug-likeness (QED) is 0.542. The highest BCUT2D eigenvalue weighted by atomic mass is 16.6. The molecule has 0 saturated carbocycles. The molecule has 0 fully saturated rings. The molecule has 0 aliphatic carbocycles. The van der Waals surface area contributed by atoms with Crippen molar-refractivity contribution in [1.82, 2.24) is 5.73 Å². The van der Waals surface area contributed by atoms with E-state index in [1.807, 2.05) is 6.08 Å². The first-order valence-electron chi connectivity index (χ1n) is 4.13. The van der Waals surface area contributed by atoms with E-state index in [0.717, 1.165) is 5.69 Å². The van der Waals surface area contributed by atoms with Crippen LogP contribution in [0.5, 0.6) is 0 Å². The standard InChI is InChI=1S/C9H8N3O2/c10-9-6-2-1-5-11-7(6)3-4-8(9)12(13)14/h1-4,10-11H,5H2. The molecule has 14 heavy (non-hydrogen) atoms. The van der Waals surface area contributed by atoms with E-state index in [1.54, 1.807) is 12.1 Å². The zero-order valence-electron chi connectivity index (χ0n) is 7.28. The summed E-state index contributed by atoms with van der Waals surface area (Å²) in [5.41, 5.74) is 8.80. The molecule has 0 saturated heterocycles. The van der Waals surface area contributed by atoms with Crippen molar-refractivity contribution in [2.24, 2.45) is 0 Å². The third-order valence-electron chi connectivity index (χ3n) is 2.12. The van der Waals surface area contributed by atoms with Gasteiger partial charge < -0.3 is 5.32 Å². The van der Waals surface area contributed by atoms with Crippen LogP contribution in [0, 0.1) is 10.1 Å². The summed E-state index contributed by atoms with van der Waals surface area (Å²) in [5.74, 6) is 0. The number of nitro benzene ring substituents is 1. The van der Waals surface area contributed by atoms with Crippen molar-refractivity contribution in [3.8, 4) is 0 Å². The van der Waals surface area contributed by atoms with Crippen molar-refractivity contribution >= 4 is 23.1 Å². The van der Waals surface area contributed by atoms with Gasteiger partial charge in [0.05, 0.1) is 4.92 Å². The predicted octanol–water partition coefficient (Wildman–Crippen LogP) is 1.95. The maximum Gasteiger partial charge on any atom is 0.294 e. The van der Waals surface area contributed by atoms with E-state index in [1.165, 1.54) is 6.07 Å². The van der Waals surface area contributed by atoms with E-state index in [9.17, 15) is 10.1 Å². The molecule has 0 spiro atoms. The smallest absolute Gasteiger partial charge is 0.294 e. The summed E-state index contributed by atoms with van der Waals surface area (Å²) in [5, 5.41) is 13.6. The summed E-state index contributed by atoms with van der Waals surface area (Å²) in [7, 11) is 0. The van der Waals surface area contributed by atoms with Crippen LogP contribution < -0.4 is 11.1 Å². The number of nitrogens with zero attached hydrogens (tertiary/aromatic N) is 1. The first-order chi connectivity index (χ1) is 6.70. The molecule has 2 rings (SSSR count). The Morgan fingerprint density at radius 1 is 1.50 bits per heavy atom. The Labute approximate surface area is 80.4 Å². The number of rotatable bonds is 1. The van der Waals surface area contributed by atoms with E-state index in [4.69, 9.17) is 5.73 Å². The molecular formula is C9H8N3O2. The van der Waals surface area contributed by atoms with Crippen LogP contribution in [0.25, 0.3) is 6.08 Å². The second-order valence-corrected chi connectivity index (χ2v) is 2.96. The summed E-state index contributed by atoms with van der Waals surface area (Å²) >= 11 is 0. The zero-order chi connectivity index (χ0) is 10.1. The molecule has 1 aromatic rings. The lowest BCUT2D eigenvalue weighted by atomic mass is 10.1. The fraction of sp³-hybridized carbons (Fsp3) is 0.111. The van der Waals surface area contributed by atoms with Gasteiger partial charge >= 0.3 is 0 Å². The van der Waals surface area contributed by atoms with Crippen molar-refractivity contribution in [2.75, 3.05) is 11.9 Å². The Kier molecular flexibility index (Phi) is 1.85. The molecule has 1 aromatic carbocycles. The van der Waals surface area contributed by atoms with E-state index in [2.05, 4.69) is 5.32 Å². The van der Waals surface area contributed by atoms with Gasteiger partial charge in [0.2, 0.25) is 0 Å². The number of hydrogen-bond acceptors (Lipinski definition) is 3. The SMILES string of the molecule is [NH]c1c([N+](=O)[O-])ccc2c1C=CCN2. The molecule has 1 radical (unpaired) electrons. The highest BCUT2D eigenvalue weighted by Crippen LogP contribution is 2.34. The lowest BCUT2D eigenvalue weighted by molar-refractivity contribution is -0.384. The molecule has 0 amide bonds. The zero-order valence-corrected chi connectivity index (χ0v) is 7.28. The second-order valence-electron chi connectivity index (χ2n) is 2.96. The molecule has 1 heterocycles. The van der Waals surface area contributed by atoms with Crippen LogP contribution in [-0.4, -0.2) is 11.5 Å². The number of fused-ring (bicyclic) bond motifs is 1. The van der Waals surface area contributed by atoms with E-state index >= 15 is 0 Å². The minimum Gasteiger partial charge on any atom is -0.381 e. The Hall–Kier alpha value is -2.04. The minimum absolute atomic E-state index is 0.0315. The minimum atomic E-state index is -0.537. The molecule has 5 heteroatoms. The topological polar surface area (TPSA) is 79.0 Å². The monoisotopic (exact) mass is 190 g/mol. The summed E-state index contributed by atoms with van der Waals surface area (Å²) in [6.07, 6.45) is 3.57. The Balaban J connectivity index is 2.62. The number of hydrogen-bond donors (Lipinski definition) is 1. The molecule has 2 N–H and O–H groups in total. The first kappa shape index (κ1) is 8.55. The highest BCUT2D eigenvalue weighted by molar-refractivity contribution is 5.83. The number of nitrogens with one attached hydrogen (secondary N) is 2. The maximum atomic E-state index is 10.5. The Morgan fingerprint density at radius 3 is 3.00 bits per heavy atom. The van der Waals surface area contributed by atoms with Gasteiger partial charge in [0, 0.05) is 23.9 Å². The second kappa shape index (κ2) is 3.02. The fourth-order valence-electron chi connectivity index (χ4n) is 1.43. The van der Waals surface area contributed by atoms with Gasteiger partial charge in [-0.1, -0.05) is 12.2 Å². The Bertz CT molecular complexity index is 426. The van der Waals surface area contributed by atoms with Gasteiger partial charge in [-0.05, 0) is 6.07 Å². The predicted molar refractivity (Wildman–Crippen MR) is 53.4 cm³/mol. The number of benzene rings is 1. The molecule has 0 unspecified atom stereocenters. The van der Waals surface area contributed by atoms with Crippen LogP contribution >= 0.6 is 0 Å². The van der Waals surface area contributed by atoms with Gasteiger partial charge in [-0.2, -0.15) is 0 Å². The summed E-state index contributed by atoms with van der Waals surface area (Å²) < 4.78 is 0. The van der Waals surface area contributed by atoms with Crippen molar-refractivity contribution < 1.29 is 4.92 Å². The normalized spacial score (nSPS) is 13.1. The maximum absolute atomic E-state index is 10.5. The first-order valence-corrected chi connectivity index (χ1v) is 4.13.